The lowest BCUT2D eigenvalue weighted by atomic mass is 10.1. The van der Waals surface area contributed by atoms with Gasteiger partial charge in [0.2, 0.25) is 0 Å². The van der Waals surface area contributed by atoms with Crippen LogP contribution in [0.5, 0.6) is 0 Å². The van der Waals surface area contributed by atoms with Crippen LogP contribution in [0.3, 0.4) is 0 Å². The summed E-state index contributed by atoms with van der Waals surface area (Å²) in [5, 5.41) is 0. The highest BCUT2D eigenvalue weighted by atomic mass is 16.5. The van der Waals surface area contributed by atoms with Gasteiger partial charge in [0.15, 0.2) is 0 Å². The quantitative estimate of drug-likeness (QED) is 0.593. The Kier molecular flexibility index (Phi) is 5.64. The second kappa shape index (κ2) is 7.27. The number of carbonyl (C=O) groups is 2. The van der Waals surface area contributed by atoms with Crippen LogP contribution in [0.1, 0.15) is 29.3 Å². The lowest BCUT2D eigenvalue weighted by molar-refractivity contribution is -0.137. The summed E-state index contributed by atoms with van der Waals surface area (Å²) in [5.74, 6) is -0.748. The monoisotopic (exact) mass is 248 g/mol. The SMILES string of the molecule is CCCOC(=O)C=Cc1ccc(C(=O)OC)cc1. The summed E-state index contributed by atoms with van der Waals surface area (Å²) >= 11 is 0. The van der Waals surface area contributed by atoms with Crippen LogP contribution in [0, 0.1) is 0 Å². The lowest BCUT2D eigenvalue weighted by Crippen LogP contribution is -2.01. The molecule has 0 unspecified atom stereocenters. The zero-order chi connectivity index (χ0) is 13.4. The molecule has 1 aromatic rings. The molecule has 0 aromatic heterocycles. The normalized spacial score (nSPS) is 10.3. The Morgan fingerprint density at radius 1 is 1.22 bits per heavy atom. The highest BCUT2D eigenvalue weighted by molar-refractivity contribution is 5.90. The predicted octanol–water partition coefficient (Wildman–Crippen LogP) is 2.44. The van der Waals surface area contributed by atoms with Crippen molar-refractivity contribution >= 4 is 18.0 Å². The van der Waals surface area contributed by atoms with Crippen molar-refractivity contribution in [1.82, 2.24) is 0 Å². The van der Waals surface area contributed by atoms with Crippen LogP contribution < -0.4 is 0 Å². The first-order chi connectivity index (χ1) is 8.67. The maximum Gasteiger partial charge on any atom is 0.337 e. The number of benzene rings is 1. The van der Waals surface area contributed by atoms with Gasteiger partial charge < -0.3 is 9.47 Å². The number of esters is 2. The van der Waals surface area contributed by atoms with Gasteiger partial charge in [0.1, 0.15) is 0 Å². The molecule has 0 aliphatic carbocycles. The van der Waals surface area contributed by atoms with Crippen molar-refractivity contribution in [2.24, 2.45) is 0 Å². The minimum absolute atomic E-state index is 0.367. The average molecular weight is 248 g/mol. The van der Waals surface area contributed by atoms with Gasteiger partial charge in [-0.05, 0) is 30.2 Å². The minimum Gasteiger partial charge on any atom is -0.465 e. The molecule has 0 aliphatic heterocycles. The molecule has 0 N–H and O–H groups in total. The number of carbonyl (C=O) groups excluding carboxylic acids is 2. The zero-order valence-corrected chi connectivity index (χ0v) is 10.5. The molecule has 0 saturated heterocycles. The van der Waals surface area contributed by atoms with Crippen LogP contribution in [0.2, 0.25) is 0 Å². The van der Waals surface area contributed by atoms with Crippen molar-refractivity contribution in [3.05, 3.63) is 41.5 Å². The summed E-state index contributed by atoms with van der Waals surface area (Å²) in [6.07, 6.45) is 3.80. The molecule has 0 radical (unpaired) electrons. The van der Waals surface area contributed by atoms with Gasteiger partial charge in [-0.25, -0.2) is 9.59 Å². The fraction of sp³-hybridized carbons (Fsp3) is 0.286. The minimum atomic E-state index is -0.382. The van der Waals surface area contributed by atoms with Gasteiger partial charge in [0.25, 0.3) is 0 Å². The van der Waals surface area contributed by atoms with Gasteiger partial charge in [-0.2, -0.15) is 0 Å². The van der Waals surface area contributed by atoms with Crippen molar-refractivity contribution in [3.8, 4) is 0 Å². The van der Waals surface area contributed by atoms with Gasteiger partial charge in [0.05, 0.1) is 19.3 Å². The molecule has 0 spiro atoms. The Morgan fingerprint density at radius 2 is 1.89 bits per heavy atom. The fourth-order valence-electron chi connectivity index (χ4n) is 1.26. The summed E-state index contributed by atoms with van der Waals surface area (Å²) in [6.45, 7) is 2.35. The number of methoxy groups -OCH3 is 1. The van der Waals surface area contributed by atoms with Crippen molar-refractivity contribution < 1.29 is 19.1 Å². The van der Waals surface area contributed by atoms with E-state index in [1.807, 2.05) is 6.92 Å². The summed E-state index contributed by atoms with van der Waals surface area (Å²) in [6, 6.07) is 6.75. The summed E-state index contributed by atoms with van der Waals surface area (Å²) in [4.78, 5) is 22.4. The van der Waals surface area contributed by atoms with E-state index in [0.29, 0.717) is 12.2 Å². The van der Waals surface area contributed by atoms with E-state index in [1.54, 1.807) is 30.3 Å². The second-order valence-electron chi connectivity index (χ2n) is 3.61. The summed E-state index contributed by atoms with van der Waals surface area (Å²) < 4.78 is 9.48. The molecule has 96 valence electrons. The van der Waals surface area contributed by atoms with Crippen molar-refractivity contribution in [2.45, 2.75) is 13.3 Å². The topological polar surface area (TPSA) is 52.6 Å². The Bertz CT molecular complexity index is 432. The first kappa shape index (κ1) is 14.0. The third kappa shape index (κ3) is 4.41. The Balaban J connectivity index is 2.60. The van der Waals surface area contributed by atoms with E-state index in [4.69, 9.17) is 4.74 Å². The Morgan fingerprint density at radius 3 is 2.44 bits per heavy atom. The molecule has 0 amide bonds. The van der Waals surface area contributed by atoms with Crippen LogP contribution in [-0.4, -0.2) is 25.7 Å². The molecule has 0 bridgehead atoms. The van der Waals surface area contributed by atoms with E-state index in [9.17, 15) is 9.59 Å². The third-order valence-corrected chi connectivity index (χ3v) is 2.19. The first-order valence-corrected chi connectivity index (χ1v) is 5.70. The summed E-state index contributed by atoms with van der Waals surface area (Å²) in [7, 11) is 1.33. The van der Waals surface area contributed by atoms with E-state index in [1.165, 1.54) is 13.2 Å². The standard InChI is InChI=1S/C14H16O4/c1-3-10-18-13(15)9-6-11-4-7-12(8-5-11)14(16)17-2/h4-9H,3,10H2,1-2H3. The summed E-state index contributed by atoms with van der Waals surface area (Å²) in [5.41, 5.74) is 1.29. The van der Waals surface area contributed by atoms with Crippen molar-refractivity contribution in [2.75, 3.05) is 13.7 Å². The molecular formula is C14H16O4. The fourth-order valence-corrected chi connectivity index (χ4v) is 1.26. The van der Waals surface area contributed by atoms with E-state index in [-0.39, 0.29) is 11.9 Å². The molecule has 4 nitrogen and oxygen atoms in total. The van der Waals surface area contributed by atoms with Gasteiger partial charge in [-0.3, -0.25) is 0 Å². The third-order valence-electron chi connectivity index (χ3n) is 2.19. The Labute approximate surface area is 106 Å². The van der Waals surface area contributed by atoms with Crippen molar-refractivity contribution in [1.29, 1.82) is 0 Å². The number of rotatable bonds is 5. The van der Waals surface area contributed by atoms with E-state index in [0.717, 1.165) is 12.0 Å². The van der Waals surface area contributed by atoms with Gasteiger partial charge in [0, 0.05) is 6.08 Å². The molecule has 1 rings (SSSR count). The van der Waals surface area contributed by atoms with Crippen LogP contribution in [0.4, 0.5) is 0 Å². The lowest BCUT2D eigenvalue weighted by Gasteiger charge is -2.00. The number of hydrogen-bond donors (Lipinski definition) is 0. The van der Waals surface area contributed by atoms with E-state index in [2.05, 4.69) is 4.74 Å². The zero-order valence-electron chi connectivity index (χ0n) is 10.5. The first-order valence-electron chi connectivity index (χ1n) is 5.70. The van der Waals surface area contributed by atoms with Crippen molar-refractivity contribution in [3.63, 3.8) is 0 Å². The largest absolute Gasteiger partial charge is 0.465 e. The molecule has 0 saturated carbocycles. The molecule has 18 heavy (non-hydrogen) atoms. The van der Waals surface area contributed by atoms with Gasteiger partial charge >= 0.3 is 11.9 Å². The number of hydrogen-bond acceptors (Lipinski definition) is 4. The average Bonchev–Trinajstić information content (AvgIpc) is 2.42. The van der Waals surface area contributed by atoms with E-state index >= 15 is 0 Å². The van der Waals surface area contributed by atoms with Crippen LogP contribution in [0.25, 0.3) is 6.08 Å². The molecular weight excluding hydrogens is 232 g/mol. The predicted molar refractivity (Wildman–Crippen MR) is 68.1 cm³/mol. The molecule has 0 heterocycles. The number of ether oxygens (including phenoxy) is 2. The maximum absolute atomic E-state index is 11.2. The second-order valence-corrected chi connectivity index (χ2v) is 3.61. The highest BCUT2D eigenvalue weighted by Gasteiger charge is 2.03. The molecule has 0 aliphatic rings. The van der Waals surface area contributed by atoms with Gasteiger partial charge in [-0.15, -0.1) is 0 Å². The van der Waals surface area contributed by atoms with Gasteiger partial charge in [-0.1, -0.05) is 19.1 Å². The Hall–Kier alpha value is -2.10. The molecule has 4 heteroatoms. The molecule has 0 atom stereocenters. The highest BCUT2D eigenvalue weighted by Crippen LogP contribution is 2.07. The van der Waals surface area contributed by atoms with Crippen LogP contribution in [-0.2, 0) is 14.3 Å². The molecule has 1 aromatic carbocycles. The van der Waals surface area contributed by atoms with E-state index < -0.39 is 0 Å². The van der Waals surface area contributed by atoms with Crippen LogP contribution in [0.15, 0.2) is 30.3 Å². The van der Waals surface area contributed by atoms with Crippen LogP contribution >= 0.6 is 0 Å². The maximum atomic E-state index is 11.2. The molecule has 0 fully saturated rings. The smallest absolute Gasteiger partial charge is 0.337 e.